The van der Waals surface area contributed by atoms with Crippen LogP contribution in [0.5, 0.6) is 0 Å². The molecule has 3 rings (SSSR count). The van der Waals surface area contributed by atoms with Gasteiger partial charge >= 0.3 is 11.9 Å². The number of aryl methyl sites for hydroxylation is 2. The number of likely N-dealkylation sites (tertiary alicyclic amines) is 1. The van der Waals surface area contributed by atoms with Crippen molar-refractivity contribution in [3.05, 3.63) is 71.3 Å². The van der Waals surface area contributed by atoms with Crippen LogP contribution in [0.15, 0.2) is 54.6 Å². The molecule has 0 spiro atoms. The van der Waals surface area contributed by atoms with Gasteiger partial charge in [0.15, 0.2) is 0 Å². The van der Waals surface area contributed by atoms with Crippen molar-refractivity contribution < 1.29 is 24.6 Å². The van der Waals surface area contributed by atoms with E-state index in [0.717, 1.165) is 16.7 Å². The van der Waals surface area contributed by atoms with Gasteiger partial charge in [-0.3, -0.25) is 14.9 Å². The number of rotatable bonds is 9. The number of nitrogens with zero attached hydrogens (tertiary/aromatic N) is 1. The second-order valence-corrected chi connectivity index (χ2v) is 7.95. The molecule has 0 saturated carbocycles. The summed E-state index contributed by atoms with van der Waals surface area (Å²) in [5.74, 6) is -2.47. The lowest BCUT2D eigenvalue weighted by Gasteiger charge is -2.29. The molecule has 2 aromatic rings. The van der Waals surface area contributed by atoms with Gasteiger partial charge in [-0.15, -0.1) is 0 Å². The summed E-state index contributed by atoms with van der Waals surface area (Å²) in [7, 11) is 0. The Balaban J connectivity index is 1.67. The van der Waals surface area contributed by atoms with Gasteiger partial charge in [0.05, 0.1) is 12.6 Å². The van der Waals surface area contributed by atoms with Crippen LogP contribution < -0.4 is 5.32 Å². The topological polar surface area (TPSA) is 107 Å². The molecule has 164 valence electrons. The van der Waals surface area contributed by atoms with Gasteiger partial charge in [-0.1, -0.05) is 60.2 Å². The zero-order chi connectivity index (χ0) is 22.4. The minimum absolute atomic E-state index is 0.224. The van der Waals surface area contributed by atoms with Crippen LogP contribution in [0.1, 0.15) is 42.0 Å². The average molecular weight is 424 g/mol. The Bertz CT molecular complexity index is 913. The number of carbonyl (C=O) groups is 3. The highest BCUT2D eigenvalue weighted by Gasteiger charge is 2.41. The second-order valence-electron chi connectivity index (χ2n) is 7.95. The maximum Gasteiger partial charge on any atom is 0.326 e. The number of carboxylic acid groups (broad SMARTS) is 2. The van der Waals surface area contributed by atoms with E-state index in [0.29, 0.717) is 25.7 Å². The summed E-state index contributed by atoms with van der Waals surface area (Å²) in [6.45, 7) is 1.74. The van der Waals surface area contributed by atoms with Crippen LogP contribution in [0.3, 0.4) is 0 Å². The first-order chi connectivity index (χ1) is 14.9. The highest BCUT2D eigenvalue weighted by atomic mass is 16.4. The zero-order valence-electron chi connectivity index (χ0n) is 17.5. The summed E-state index contributed by atoms with van der Waals surface area (Å²) in [5, 5.41) is 22.0. The highest BCUT2D eigenvalue weighted by molar-refractivity contribution is 5.86. The quantitative estimate of drug-likeness (QED) is 0.571. The summed E-state index contributed by atoms with van der Waals surface area (Å²) in [5.41, 5.74) is 2.99. The average Bonchev–Trinajstić information content (AvgIpc) is 3.20. The molecule has 31 heavy (non-hydrogen) atoms. The Morgan fingerprint density at radius 2 is 1.71 bits per heavy atom. The van der Waals surface area contributed by atoms with E-state index in [1.165, 1.54) is 4.90 Å². The van der Waals surface area contributed by atoms with Crippen LogP contribution >= 0.6 is 0 Å². The molecule has 1 amide bonds. The molecule has 1 saturated heterocycles. The predicted molar refractivity (Wildman–Crippen MR) is 116 cm³/mol. The van der Waals surface area contributed by atoms with E-state index < -0.39 is 29.9 Å². The smallest absolute Gasteiger partial charge is 0.326 e. The van der Waals surface area contributed by atoms with Crippen molar-refractivity contribution in [2.24, 2.45) is 0 Å². The lowest BCUT2D eigenvalue weighted by molar-refractivity contribution is -0.149. The number of amides is 1. The maximum absolute atomic E-state index is 13.0. The van der Waals surface area contributed by atoms with Gasteiger partial charge < -0.3 is 15.1 Å². The fraction of sp³-hybridized carbons (Fsp3) is 0.375. The number of nitrogens with one attached hydrogen (secondary N) is 1. The first-order valence-electron chi connectivity index (χ1n) is 10.5. The van der Waals surface area contributed by atoms with Gasteiger partial charge in [-0.05, 0) is 43.7 Å². The van der Waals surface area contributed by atoms with Crippen molar-refractivity contribution in [3.8, 4) is 0 Å². The molecule has 2 aromatic carbocycles. The summed E-state index contributed by atoms with van der Waals surface area (Å²) in [6.07, 6.45) is 1.82. The number of carboxylic acids is 2. The molecule has 0 aromatic heterocycles. The van der Waals surface area contributed by atoms with Crippen molar-refractivity contribution in [3.63, 3.8) is 0 Å². The second kappa shape index (κ2) is 10.2. The van der Waals surface area contributed by atoms with Gasteiger partial charge in [0.1, 0.15) is 12.1 Å². The molecular weight excluding hydrogens is 396 g/mol. The normalized spacial score (nSPS) is 19.2. The molecule has 1 fully saturated rings. The first-order valence-corrected chi connectivity index (χ1v) is 10.5. The van der Waals surface area contributed by atoms with Crippen LogP contribution in [0.4, 0.5) is 0 Å². The summed E-state index contributed by atoms with van der Waals surface area (Å²) >= 11 is 0. The largest absolute Gasteiger partial charge is 0.480 e. The Kier molecular flexibility index (Phi) is 7.41. The summed E-state index contributed by atoms with van der Waals surface area (Å²) in [4.78, 5) is 37.8. The molecule has 7 nitrogen and oxygen atoms in total. The number of hydrogen-bond acceptors (Lipinski definition) is 4. The lowest BCUT2D eigenvalue weighted by Crippen LogP contribution is -2.48. The third kappa shape index (κ3) is 5.70. The van der Waals surface area contributed by atoms with E-state index in [4.69, 9.17) is 0 Å². The number of benzene rings is 2. The van der Waals surface area contributed by atoms with Gasteiger partial charge in [-0.2, -0.15) is 0 Å². The van der Waals surface area contributed by atoms with Crippen molar-refractivity contribution in [1.82, 2.24) is 10.2 Å². The van der Waals surface area contributed by atoms with Crippen LogP contribution in [0.25, 0.3) is 0 Å². The molecule has 3 N–H and O–H groups in total. The molecule has 0 aliphatic carbocycles. The van der Waals surface area contributed by atoms with E-state index in [1.807, 2.05) is 61.5 Å². The fourth-order valence-corrected chi connectivity index (χ4v) is 4.09. The molecule has 3 atom stereocenters. The van der Waals surface area contributed by atoms with E-state index in [-0.39, 0.29) is 12.6 Å². The number of hydrogen-bond donors (Lipinski definition) is 3. The van der Waals surface area contributed by atoms with Gasteiger partial charge in [0.25, 0.3) is 0 Å². The van der Waals surface area contributed by atoms with E-state index in [2.05, 4.69) is 5.32 Å². The first kappa shape index (κ1) is 22.5. The maximum atomic E-state index is 13.0. The molecule has 0 radical (unpaired) electrons. The van der Waals surface area contributed by atoms with E-state index in [9.17, 15) is 24.6 Å². The van der Waals surface area contributed by atoms with Crippen molar-refractivity contribution in [2.45, 2.75) is 50.7 Å². The molecule has 1 heterocycles. The van der Waals surface area contributed by atoms with Crippen molar-refractivity contribution in [1.29, 1.82) is 0 Å². The van der Waals surface area contributed by atoms with E-state index >= 15 is 0 Å². The zero-order valence-corrected chi connectivity index (χ0v) is 17.5. The van der Waals surface area contributed by atoms with Crippen molar-refractivity contribution >= 4 is 17.8 Å². The predicted octanol–water partition coefficient (Wildman–Crippen LogP) is 2.79. The molecule has 7 heteroatoms. The monoisotopic (exact) mass is 424 g/mol. The van der Waals surface area contributed by atoms with Gasteiger partial charge in [0.2, 0.25) is 5.91 Å². The minimum atomic E-state index is -1.04. The SMILES string of the molecule is Cc1ccc([C@H]2CC[C@@H](C(=O)O)N2C(=O)CN[C@@H](CCc2ccccc2)C(=O)O)cc1. The Hall–Kier alpha value is -3.19. The van der Waals surface area contributed by atoms with Crippen LogP contribution in [-0.2, 0) is 20.8 Å². The highest BCUT2D eigenvalue weighted by Crippen LogP contribution is 2.36. The van der Waals surface area contributed by atoms with Crippen LogP contribution in [-0.4, -0.2) is 51.6 Å². The Morgan fingerprint density at radius 1 is 1.03 bits per heavy atom. The minimum Gasteiger partial charge on any atom is -0.480 e. The molecular formula is C24H28N2O5. The van der Waals surface area contributed by atoms with Gasteiger partial charge in [0, 0.05) is 0 Å². The van der Waals surface area contributed by atoms with Crippen LogP contribution in [0.2, 0.25) is 0 Å². The lowest BCUT2D eigenvalue weighted by atomic mass is 10.0. The number of aliphatic carboxylic acids is 2. The third-order valence-electron chi connectivity index (χ3n) is 5.78. The van der Waals surface area contributed by atoms with E-state index in [1.54, 1.807) is 0 Å². The van der Waals surface area contributed by atoms with Crippen LogP contribution in [0, 0.1) is 6.92 Å². The molecule has 1 aliphatic rings. The molecule has 0 bridgehead atoms. The number of carbonyl (C=O) groups excluding carboxylic acids is 1. The van der Waals surface area contributed by atoms with Crippen molar-refractivity contribution in [2.75, 3.05) is 6.54 Å². The summed E-state index contributed by atoms with van der Waals surface area (Å²) < 4.78 is 0. The summed E-state index contributed by atoms with van der Waals surface area (Å²) in [6, 6.07) is 15.1. The molecule has 1 aliphatic heterocycles. The fourth-order valence-electron chi connectivity index (χ4n) is 4.09. The standard InChI is InChI=1S/C24H28N2O5/c1-16-7-10-18(11-8-16)20-13-14-21(24(30)31)26(20)22(27)15-25-19(23(28)29)12-9-17-5-3-2-4-6-17/h2-8,10-11,19-21,25H,9,12-15H2,1H3,(H,28,29)(H,30,31)/t19-,20+,21-/m0/s1. The van der Waals surface area contributed by atoms with Gasteiger partial charge in [-0.25, -0.2) is 4.79 Å². The molecule has 0 unspecified atom stereocenters. The Labute approximate surface area is 181 Å². The third-order valence-corrected chi connectivity index (χ3v) is 5.78. The Morgan fingerprint density at radius 3 is 2.32 bits per heavy atom.